The van der Waals surface area contributed by atoms with E-state index < -0.39 is 10.0 Å². The molecule has 0 aliphatic carbocycles. The minimum atomic E-state index is -3.46. The summed E-state index contributed by atoms with van der Waals surface area (Å²) in [5.41, 5.74) is 0.905. The SMILES string of the molecule is O=S(=O)(CCc1ccncc1)Nc1cnc(Cl)cn1. The Hall–Kier alpha value is -1.73. The summed E-state index contributed by atoms with van der Waals surface area (Å²) < 4.78 is 26.0. The van der Waals surface area contributed by atoms with Crippen LogP contribution in [0, 0.1) is 0 Å². The second kappa shape index (κ2) is 5.94. The molecule has 0 aliphatic rings. The van der Waals surface area contributed by atoms with Crippen LogP contribution in [0.4, 0.5) is 5.82 Å². The van der Waals surface area contributed by atoms with E-state index in [1.54, 1.807) is 24.5 Å². The maximum absolute atomic E-state index is 11.8. The van der Waals surface area contributed by atoms with E-state index >= 15 is 0 Å². The lowest BCUT2D eigenvalue weighted by Gasteiger charge is -2.06. The number of pyridine rings is 1. The predicted octanol–water partition coefficient (Wildman–Crippen LogP) is 1.51. The van der Waals surface area contributed by atoms with E-state index in [1.807, 2.05) is 0 Å². The first kappa shape index (κ1) is 13.7. The average molecular weight is 299 g/mol. The summed E-state index contributed by atoms with van der Waals surface area (Å²) in [5.74, 6) is 0.112. The van der Waals surface area contributed by atoms with Crippen molar-refractivity contribution >= 4 is 27.4 Å². The van der Waals surface area contributed by atoms with Gasteiger partial charge in [0.15, 0.2) is 5.82 Å². The van der Waals surface area contributed by atoms with E-state index in [0.29, 0.717) is 6.42 Å². The number of nitrogens with one attached hydrogen (secondary N) is 1. The van der Waals surface area contributed by atoms with Gasteiger partial charge >= 0.3 is 0 Å². The standard InChI is InChI=1S/C11H11ClN4O2S/c12-10-7-15-11(8-14-10)16-19(17,18)6-3-9-1-4-13-5-2-9/h1-2,4-5,7-8H,3,6H2,(H,15,16). The van der Waals surface area contributed by atoms with Crippen LogP contribution in [0.25, 0.3) is 0 Å². The lowest BCUT2D eigenvalue weighted by molar-refractivity contribution is 0.600. The molecule has 0 radical (unpaired) electrons. The second-order valence-corrected chi connectivity index (χ2v) is 5.98. The number of hydrogen-bond donors (Lipinski definition) is 1. The minimum absolute atomic E-state index is 0.0404. The van der Waals surface area contributed by atoms with Gasteiger partial charge in [-0.25, -0.2) is 18.4 Å². The molecule has 8 heteroatoms. The molecule has 6 nitrogen and oxygen atoms in total. The van der Waals surface area contributed by atoms with E-state index in [-0.39, 0.29) is 16.7 Å². The maximum Gasteiger partial charge on any atom is 0.234 e. The molecule has 0 bridgehead atoms. The molecule has 0 aliphatic heterocycles. The van der Waals surface area contributed by atoms with Crippen molar-refractivity contribution in [2.75, 3.05) is 10.5 Å². The Labute approximate surface area is 115 Å². The van der Waals surface area contributed by atoms with Crippen molar-refractivity contribution in [1.82, 2.24) is 15.0 Å². The Morgan fingerprint density at radius 2 is 1.89 bits per heavy atom. The van der Waals surface area contributed by atoms with Crippen LogP contribution in [0.5, 0.6) is 0 Å². The van der Waals surface area contributed by atoms with Crippen LogP contribution in [-0.2, 0) is 16.4 Å². The van der Waals surface area contributed by atoms with Gasteiger partial charge in [0.2, 0.25) is 10.0 Å². The lowest BCUT2D eigenvalue weighted by Crippen LogP contribution is -2.19. The normalized spacial score (nSPS) is 11.2. The van der Waals surface area contributed by atoms with Gasteiger partial charge in [-0.1, -0.05) is 11.6 Å². The zero-order valence-electron chi connectivity index (χ0n) is 9.82. The van der Waals surface area contributed by atoms with Crippen LogP contribution in [0.15, 0.2) is 36.9 Å². The zero-order valence-corrected chi connectivity index (χ0v) is 11.4. The number of anilines is 1. The molecule has 0 amide bonds. The smallest absolute Gasteiger partial charge is 0.234 e. The van der Waals surface area contributed by atoms with E-state index in [2.05, 4.69) is 19.7 Å². The summed E-state index contributed by atoms with van der Waals surface area (Å²) >= 11 is 5.57. The van der Waals surface area contributed by atoms with Crippen LogP contribution >= 0.6 is 11.6 Å². The third-order valence-electron chi connectivity index (χ3n) is 2.29. The van der Waals surface area contributed by atoms with Crippen LogP contribution in [0.1, 0.15) is 5.56 Å². The highest BCUT2D eigenvalue weighted by Gasteiger charge is 2.11. The molecule has 0 atom stereocenters. The molecule has 2 rings (SSSR count). The van der Waals surface area contributed by atoms with Gasteiger partial charge in [0.25, 0.3) is 0 Å². The monoisotopic (exact) mass is 298 g/mol. The molecule has 100 valence electrons. The summed E-state index contributed by atoms with van der Waals surface area (Å²) in [6.07, 6.45) is 6.20. The van der Waals surface area contributed by atoms with Crippen molar-refractivity contribution in [1.29, 1.82) is 0 Å². The number of sulfonamides is 1. The Bertz CT molecular complexity index is 632. The zero-order chi connectivity index (χ0) is 13.7. The molecule has 19 heavy (non-hydrogen) atoms. The highest BCUT2D eigenvalue weighted by Crippen LogP contribution is 2.08. The van der Waals surface area contributed by atoms with Gasteiger partial charge in [-0.2, -0.15) is 0 Å². The fourth-order valence-corrected chi connectivity index (χ4v) is 2.51. The molecule has 0 spiro atoms. The Kier molecular flexibility index (Phi) is 4.28. The molecule has 0 fully saturated rings. The summed E-state index contributed by atoms with van der Waals surface area (Å²) in [4.78, 5) is 11.4. The molecule has 0 saturated heterocycles. The van der Waals surface area contributed by atoms with Crippen molar-refractivity contribution in [3.05, 3.63) is 47.6 Å². The van der Waals surface area contributed by atoms with Gasteiger partial charge in [0.1, 0.15) is 5.15 Å². The highest BCUT2D eigenvalue weighted by molar-refractivity contribution is 7.92. The Morgan fingerprint density at radius 3 is 2.53 bits per heavy atom. The summed E-state index contributed by atoms with van der Waals surface area (Å²) in [7, 11) is -3.46. The second-order valence-electron chi connectivity index (χ2n) is 3.75. The fourth-order valence-electron chi connectivity index (χ4n) is 1.38. The third-order valence-corrected chi connectivity index (χ3v) is 3.75. The number of aromatic nitrogens is 3. The molecular formula is C11H11ClN4O2S. The predicted molar refractivity (Wildman–Crippen MR) is 72.4 cm³/mol. The van der Waals surface area contributed by atoms with Gasteiger partial charge in [-0.05, 0) is 24.1 Å². The van der Waals surface area contributed by atoms with Crippen molar-refractivity contribution in [2.24, 2.45) is 0 Å². The van der Waals surface area contributed by atoms with Crippen LogP contribution in [0.3, 0.4) is 0 Å². The largest absolute Gasteiger partial charge is 0.266 e. The van der Waals surface area contributed by atoms with E-state index in [1.165, 1.54) is 12.4 Å². The number of aryl methyl sites for hydroxylation is 1. The Morgan fingerprint density at radius 1 is 1.16 bits per heavy atom. The molecular weight excluding hydrogens is 288 g/mol. The number of halogens is 1. The average Bonchev–Trinajstić information content (AvgIpc) is 2.40. The Balaban J connectivity index is 1.97. The number of rotatable bonds is 5. The maximum atomic E-state index is 11.8. The quantitative estimate of drug-likeness (QED) is 0.904. The van der Waals surface area contributed by atoms with Gasteiger partial charge in [-0.15, -0.1) is 0 Å². The van der Waals surface area contributed by atoms with Crippen LogP contribution in [0.2, 0.25) is 5.15 Å². The van der Waals surface area contributed by atoms with Gasteiger partial charge in [0.05, 0.1) is 18.1 Å². The van der Waals surface area contributed by atoms with E-state index in [0.717, 1.165) is 5.56 Å². The van der Waals surface area contributed by atoms with Crippen LogP contribution in [-0.4, -0.2) is 29.1 Å². The first-order valence-electron chi connectivity index (χ1n) is 5.42. The van der Waals surface area contributed by atoms with Crippen molar-refractivity contribution in [3.8, 4) is 0 Å². The lowest BCUT2D eigenvalue weighted by atomic mass is 10.2. The molecule has 0 saturated carbocycles. The number of hydrogen-bond acceptors (Lipinski definition) is 5. The van der Waals surface area contributed by atoms with E-state index in [4.69, 9.17) is 11.6 Å². The molecule has 2 aromatic heterocycles. The fraction of sp³-hybridized carbons (Fsp3) is 0.182. The van der Waals surface area contributed by atoms with Crippen LogP contribution < -0.4 is 4.72 Å². The molecule has 2 aromatic rings. The topological polar surface area (TPSA) is 84.8 Å². The van der Waals surface area contributed by atoms with Crippen molar-refractivity contribution < 1.29 is 8.42 Å². The van der Waals surface area contributed by atoms with Crippen molar-refractivity contribution in [3.63, 3.8) is 0 Å². The molecule has 0 aromatic carbocycles. The minimum Gasteiger partial charge on any atom is -0.266 e. The van der Waals surface area contributed by atoms with Gasteiger partial charge in [0, 0.05) is 12.4 Å². The third kappa shape index (κ3) is 4.46. The number of nitrogens with zero attached hydrogens (tertiary/aromatic N) is 3. The van der Waals surface area contributed by atoms with E-state index in [9.17, 15) is 8.42 Å². The van der Waals surface area contributed by atoms with Gasteiger partial charge < -0.3 is 0 Å². The molecule has 0 unspecified atom stereocenters. The highest BCUT2D eigenvalue weighted by atomic mass is 35.5. The summed E-state index contributed by atoms with van der Waals surface area (Å²) in [6, 6.07) is 3.55. The molecule has 2 heterocycles. The molecule has 1 N–H and O–H groups in total. The first-order valence-corrected chi connectivity index (χ1v) is 7.45. The first-order chi connectivity index (χ1) is 9.05. The van der Waals surface area contributed by atoms with Gasteiger partial charge in [-0.3, -0.25) is 9.71 Å². The van der Waals surface area contributed by atoms with Crippen molar-refractivity contribution in [2.45, 2.75) is 6.42 Å². The summed E-state index contributed by atoms with van der Waals surface area (Å²) in [5, 5.41) is 0.208. The summed E-state index contributed by atoms with van der Waals surface area (Å²) in [6.45, 7) is 0.